The Labute approximate surface area is 191 Å². The normalized spacial score (nSPS) is 10.8. The van der Waals surface area contributed by atoms with E-state index in [1.807, 2.05) is 6.07 Å². The number of ether oxygens (including phenoxy) is 1. The third-order valence-corrected chi connectivity index (χ3v) is 4.19. The number of benzene rings is 2. The Bertz CT molecular complexity index is 970. The van der Waals surface area contributed by atoms with E-state index in [2.05, 4.69) is 20.6 Å². The van der Waals surface area contributed by atoms with Gasteiger partial charge in [-0.3, -0.25) is 9.98 Å². The van der Waals surface area contributed by atoms with Gasteiger partial charge in [0, 0.05) is 26.3 Å². The average Bonchev–Trinajstić information content (AvgIpc) is 2.74. The van der Waals surface area contributed by atoms with Gasteiger partial charge in [-0.15, -0.1) is 24.0 Å². The molecule has 2 aromatic carbocycles. The van der Waals surface area contributed by atoms with Crippen LogP contribution in [0.15, 0.2) is 72.0 Å². The zero-order valence-corrected chi connectivity index (χ0v) is 18.8. The van der Waals surface area contributed by atoms with Crippen LogP contribution in [-0.2, 0) is 13.0 Å². The van der Waals surface area contributed by atoms with E-state index in [-0.39, 0.29) is 35.5 Å². The van der Waals surface area contributed by atoms with Gasteiger partial charge in [0.2, 0.25) is 0 Å². The van der Waals surface area contributed by atoms with Gasteiger partial charge in [-0.1, -0.05) is 24.3 Å². The minimum absolute atomic E-state index is 0. The van der Waals surface area contributed by atoms with Gasteiger partial charge < -0.3 is 15.4 Å². The van der Waals surface area contributed by atoms with E-state index in [9.17, 15) is 8.78 Å². The molecule has 0 saturated heterocycles. The van der Waals surface area contributed by atoms with Crippen molar-refractivity contribution >= 4 is 29.9 Å². The van der Waals surface area contributed by atoms with Crippen molar-refractivity contribution in [3.05, 3.63) is 89.8 Å². The van der Waals surface area contributed by atoms with Crippen LogP contribution in [0.1, 0.15) is 11.1 Å². The van der Waals surface area contributed by atoms with Crippen LogP contribution in [0.25, 0.3) is 0 Å². The zero-order chi connectivity index (χ0) is 20.5. The summed E-state index contributed by atoms with van der Waals surface area (Å²) >= 11 is 0. The van der Waals surface area contributed by atoms with Crippen LogP contribution < -0.4 is 15.4 Å². The summed E-state index contributed by atoms with van der Waals surface area (Å²) < 4.78 is 33.5. The number of halogens is 3. The molecule has 3 rings (SSSR count). The Morgan fingerprint density at radius 2 is 1.87 bits per heavy atom. The number of aliphatic imine (C=N–C) groups is 1. The molecule has 0 atom stereocenters. The molecule has 0 aliphatic heterocycles. The molecular formula is C22H23F2IN4O. The number of hydrogen-bond donors (Lipinski definition) is 2. The van der Waals surface area contributed by atoms with Crippen LogP contribution in [0, 0.1) is 11.6 Å². The Kier molecular flexibility index (Phi) is 9.46. The Balaban J connectivity index is 0.00000320. The molecular weight excluding hydrogens is 501 g/mol. The van der Waals surface area contributed by atoms with Crippen molar-refractivity contribution in [3.8, 4) is 11.5 Å². The molecule has 0 unspecified atom stereocenters. The van der Waals surface area contributed by atoms with Gasteiger partial charge >= 0.3 is 0 Å². The molecule has 158 valence electrons. The highest BCUT2D eigenvalue weighted by atomic mass is 127. The fraction of sp³-hybridized carbons (Fsp3) is 0.182. The van der Waals surface area contributed by atoms with E-state index in [1.54, 1.807) is 49.6 Å². The molecule has 30 heavy (non-hydrogen) atoms. The first-order chi connectivity index (χ1) is 14.2. The van der Waals surface area contributed by atoms with Gasteiger partial charge in [-0.25, -0.2) is 8.78 Å². The Hall–Kier alpha value is -2.75. The standard InChI is InChI=1S/C22H22F2N4O.HI/c1-25-22(27-12-10-17-5-2-3-7-19(17)23)28-14-16-8-9-21(20(24)13-16)29-18-6-4-11-26-15-18;/h2-9,11,13,15H,10,12,14H2,1H3,(H2,25,27,28);1H. The first-order valence-electron chi connectivity index (χ1n) is 9.20. The zero-order valence-electron chi connectivity index (χ0n) is 16.4. The van der Waals surface area contributed by atoms with Crippen LogP contribution >= 0.6 is 24.0 Å². The molecule has 3 aromatic rings. The van der Waals surface area contributed by atoms with E-state index in [0.29, 0.717) is 36.8 Å². The van der Waals surface area contributed by atoms with E-state index in [0.717, 1.165) is 5.56 Å². The number of aromatic nitrogens is 1. The summed E-state index contributed by atoms with van der Waals surface area (Å²) in [4.78, 5) is 8.06. The molecule has 0 spiro atoms. The molecule has 0 fully saturated rings. The van der Waals surface area contributed by atoms with Crippen LogP contribution in [0.3, 0.4) is 0 Å². The van der Waals surface area contributed by atoms with Gasteiger partial charge in [0.1, 0.15) is 11.6 Å². The number of nitrogens with zero attached hydrogens (tertiary/aromatic N) is 2. The lowest BCUT2D eigenvalue weighted by atomic mass is 10.1. The van der Waals surface area contributed by atoms with E-state index in [1.165, 1.54) is 18.3 Å². The summed E-state index contributed by atoms with van der Waals surface area (Å²) in [5.41, 5.74) is 1.37. The monoisotopic (exact) mass is 524 g/mol. The first-order valence-corrected chi connectivity index (χ1v) is 9.20. The predicted molar refractivity (Wildman–Crippen MR) is 124 cm³/mol. The number of hydrogen-bond acceptors (Lipinski definition) is 3. The van der Waals surface area contributed by atoms with Gasteiger partial charge in [0.15, 0.2) is 17.5 Å². The number of rotatable bonds is 7. The van der Waals surface area contributed by atoms with Crippen LogP contribution in [0.2, 0.25) is 0 Å². The Morgan fingerprint density at radius 3 is 2.57 bits per heavy atom. The second-order valence-corrected chi connectivity index (χ2v) is 6.25. The van der Waals surface area contributed by atoms with Gasteiger partial charge in [0.25, 0.3) is 0 Å². The smallest absolute Gasteiger partial charge is 0.191 e. The number of guanidine groups is 1. The van der Waals surface area contributed by atoms with Crippen molar-refractivity contribution in [2.45, 2.75) is 13.0 Å². The van der Waals surface area contributed by atoms with Gasteiger partial charge in [0.05, 0.1) is 6.20 Å². The molecule has 0 amide bonds. The molecule has 8 heteroatoms. The molecule has 0 aliphatic carbocycles. The fourth-order valence-corrected chi connectivity index (χ4v) is 2.69. The largest absolute Gasteiger partial charge is 0.453 e. The number of pyridine rings is 1. The van der Waals surface area contributed by atoms with Gasteiger partial charge in [-0.05, 0) is 47.9 Å². The van der Waals surface area contributed by atoms with Crippen LogP contribution in [0.5, 0.6) is 11.5 Å². The van der Waals surface area contributed by atoms with Crippen molar-refractivity contribution < 1.29 is 13.5 Å². The second-order valence-electron chi connectivity index (χ2n) is 6.25. The summed E-state index contributed by atoms with van der Waals surface area (Å²) in [6.07, 6.45) is 3.67. The lowest BCUT2D eigenvalue weighted by Gasteiger charge is -2.13. The molecule has 2 N–H and O–H groups in total. The van der Waals surface area contributed by atoms with Crippen LogP contribution in [0.4, 0.5) is 8.78 Å². The van der Waals surface area contributed by atoms with Crippen molar-refractivity contribution in [1.82, 2.24) is 15.6 Å². The fourth-order valence-electron chi connectivity index (χ4n) is 2.69. The van der Waals surface area contributed by atoms with Crippen molar-refractivity contribution in [3.63, 3.8) is 0 Å². The molecule has 1 aromatic heterocycles. The maximum absolute atomic E-state index is 14.3. The summed E-state index contributed by atoms with van der Waals surface area (Å²) in [7, 11) is 1.64. The third kappa shape index (κ3) is 6.94. The lowest BCUT2D eigenvalue weighted by molar-refractivity contribution is 0.440. The average molecular weight is 524 g/mol. The molecule has 0 saturated carbocycles. The topological polar surface area (TPSA) is 58.5 Å². The highest BCUT2D eigenvalue weighted by molar-refractivity contribution is 14.0. The van der Waals surface area contributed by atoms with Crippen LogP contribution in [-0.4, -0.2) is 24.5 Å². The van der Waals surface area contributed by atoms with Crippen molar-refractivity contribution in [2.75, 3.05) is 13.6 Å². The van der Waals surface area contributed by atoms with E-state index >= 15 is 0 Å². The lowest BCUT2D eigenvalue weighted by Crippen LogP contribution is -2.37. The minimum Gasteiger partial charge on any atom is -0.453 e. The van der Waals surface area contributed by atoms with Crippen molar-refractivity contribution in [1.29, 1.82) is 0 Å². The molecule has 0 radical (unpaired) electrons. The maximum Gasteiger partial charge on any atom is 0.191 e. The van der Waals surface area contributed by atoms with Crippen molar-refractivity contribution in [2.24, 2.45) is 4.99 Å². The van der Waals surface area contributed by atoms with E-state index in [4.69, 9.17) is 4.74 Å². The molecule has 0 aliphatic rings. The molecule has 0 bridgehead atoms. The predicted octanol–water partition coefficient (Wildman–Crippen LogP) is 4.68. The second kappa shape index (κ2) is 12.1. The Morgan fingerprint density at radius 1 is 1.03 bits per heavy atom. The van der Waals surface area contributed by atoms with E-state index < -0.39 is 5.82 Å². The SMILES string of the molecule is CN=C(NCCc1ccccc1F)NCc1ccc(Oc2cccnc2)c(F)c1.I. The number of nitrogens with one attached hydrogen (secondary N) is 2. The van der Waals surface area contributed by atoms with Gasteiger partial charge in [-0.2, -0.15) is 0 Å². The summed E-state index contributed by atoms with van der Waals surface area (Å²) in [6, 6.07) is 14.9. The third-order valence-electron chi connectivity index (χ3n) is 4.19. The molecule has 5 nitrogen and oxygen atoms in total. The summed E-state index contributed by atoms with van der Waals surface area (Å²) in [5.74, 6) is 0.472. The minimum atomic E-state index is -0.462. The first kappa shape index (κ1) is 23.5. The summed E-state index contributed by atoms with van der Waals surface area (Å²) in [6.45, 7) is 0.899. The quantitative estimate of drug-likeness (QED) is 0.268. The maximum atomic E-state index is 14.3. The summed E-state index contributed by atoms with van der Waals surface area (Å²) in [5, 5.41) is 6.23. The highest BCUT2D eigenvalue weighted by Gasteiger charge is 2.07. The molecule has 1 heterocycles. The highest BCUT2D eigenvalue weighted by Crippen LogP contribution is 2.24.